The zero-order valence-corrected chi connectivity index (χ0v) is 13.9. The van der Waals surface area contributed by atoms with Gasteiger partial charge in [-0.2, -0.15) is 0 Å². The van der Waals surface area contributed by atoms with Crippen molar-refractivity contribution >= 4 is 11.7 Å². The average Bonchev–Trinajstić information content (AvgIpc) is 2.35. The molecule has 0 aromatic carbocycles. The van der Waals surface area contributed by atoms with Crippen molar-refractivity contribution in [1.29, 1.82) is 0 Å². The highest BCUT2D eigenvalue weighted by Gasteiger charge is 2.40. The number of rotatable bonds is 3. The summed E-state index contributed by atoms with van der Waals surface area (Å²) in [5.74, 6) is 1.58. The molecular weight excluding hydrogens is 264 g/mol. The lowest BCUT2D eigenvalue weighted by atomic mass is 9.72. The van der Waals surface area contributed by atoms with Crippen LogP contribution in [0.4, 0.5) is 0 Å². The fourth-order valence-corrected chi connectivity index (χ4v) is 3.89. The number of carbonyl (C=O) groups excluding carboxylic acids is 2. The van der Waals surface area contributed by atoms with Gasteiger partial charge >= 0.3 is 0 Å². The number of nitrogens with zero attached hydrogens (tertiary/aromatic N) is 1. The number of piperidine rings is 1. The highest BCUT2D eigenvalue weighted by Crippen LogP contribution is 2.38. The lowest BCUT2D eigenvalue weighted by Crippen LogP contribution is -2.58. The van der Waals surface area contributed by atoms with E-state index in [4.69, 9.17) is 0 Å². The molecule has 3 atom stereocenters. The summed E-state index contributed by atoms with van der Waals surface area (Å²) in [5.41, 5.74) is -0.220. The normalized spacial score (nSPS) is 30.6. The first-order valence-corrected chi connectivity index (χ1v) is 8.32. The third-order valence-electron chi connectivity index (χ3n) is 4.73. The zero-order chi connectivity index (χ0) is 15.6. The molecule has 2 aliphatic rings. The molecule has 1 saturated heterocycles. The maximum Gasteiger partial charge on any atom is 0.237 e. The fourth-order valence-electron chi connectivity index (χ4n) is 3.89. The Morgan fingerprint density at radius 1 is 1.14 bits per heavy atom. The Hall–Kier alpha value is -0.900. The summed E-state index contributed by atoms with van der Waals surface area (Å²) in [5, 5.41) is 3.10. The van der Waals surface area contributed by atoms with Crippen LogP contribution in [0.2, 0.25) is 0 Å². The highest BCUT2D eigenvalue weighted by atomic mass is 16.2. The molecule has 4 heteroatoms. The average molecular weight is 294 g/mol. The van der Waals surface area contributed by atoms with E-state index in [1.807, 2.05) is 20.8 Å². The number of amides is 1. The van der Waals surface area contributed by atoms with Crippen LogP contribution in [0, 0.1) is 11.8 Å². The van der Waals surface area contributed by atoms with Gasteiger partial charge in [0, 0.05) is 12.1 Å². The monoisotopic (exact) mass is 294 g/mol. The molecule has 1 amide bonds. The summed E-state index contributed by atoms with van der Waals surface area (Å²) in [6, 6.07) is -0.132. The van der Waals surface area contributed by atoms with Gasteiger partial charge in [0.05, 0.1) is 12.6 Å². The number of Topliss-reactive ketones (excluding diaryl/α,β-unsaturated/α-hetero) is 1. The third-order valence-corrected chi connectivity index (χ3v) is 4.73. The molecule has 0 aromatic rings. The van der Waals surface area contributed by atoms with E-state index < -0.39 is 0 Å². The van der Waals surface area contributed by atoms with Crippen LogP contribution in [0.25, 0.3) is 0 Å². The van der Waals surface area contributed by atoms with E-state index in [1.54, 1.807) is 6.92 Å². The van der Waals surface area contributed by atoms with Gasteiger partial charge < -0.3 is 5.32 Å². The van der Waals surface area contributed by atoms with Gasteiger partial charge in [-0.3, -0.25) is 14.5 Å². The summed E-state index contributed by atoms with van der Waals surface area (Å²) in [6.07, 6.45) is 6.01. The van der Waals surface area contributed by atoms with Gasteiger partial charge in [-0.15, -0.1) is 0 Å². The minimum absolute atomic E-state index is 0.0905. The first-order valence-electron chi connectivity index (χ1n) is 8.32. The second kappa shape index (κ2) is 6.47. The second-order valence-corrected chi connectivity index (χ2v) is 7.93. The van der Waals surface area contributed by atoms with Crippen molar-refractivity contribution in [2.45, 2.75) is 71.4 Å². The Kier molecular flexibility index (Phi) is 5.07. The van der Waals surface area contributed by atoms with Gasteiger partial charge in [0.2, 0.25) is 5.91 Å². The highest BCUT2D eigenvalue weighted by molar-refractivity contribution is 5.84. The maximum atomic E-state index is 12.6. The summed E-state index contributed by atoms with van der Waals surface area (Å²) in [6.45, 7) is 8.95. The molecule has 0 radical (unpaired) electrons. The number of ketones is 1. The van der Waals surface area contributed by atoms with E-state index in [0.29, 0.717) is 18.4 Å². The molecule has 1 aliphatic carbocycles. The van der Waals surface area contributed by atoms with Crippen molar-refractivity contribution in [3.8, 4) is 0 Å². The largest absolute Gasteiger partial charge is 0.350 e. The van der Waals surface area contributed by atoms with E-state index >= 15 is 0 Å². The molecule has 21 heavy (non-hydrogen) atoms. The van der Waals surface area contributed by atoms with E-state index in [1.165, 1.54) is 25.7 Å². The Balaban J connectivity index is 2.10. The molecule has 1 heterocycles. The molecule has 0 spiro atoms. The minimum Gasteiger partial charge on any atom is -0.350 e. The summed E-state index contributed by atoms with van der Waals surface area (Å²) >= 11 is 0. The molecular formula is C17H30N2O2. The fraction of sp³-hybridized carbons (Fsp3) is 0.882. The van der Waals surface area contributed by atoms with Crippen LogP contribution < -0.4 is 5.32 Å². The Morgan fingerprint density at radius 3 is 2.33 bits per heavy atom. The van der Waals surface area contributed by atoms with E-state index in [-0.39, 0.29) is 23.3 Å². The summed E-state index contributed by atoms with van der Waals surface area (Å²) in [4.78, 5) is 26.3. The van der Waals surface area contributed by atoms with E-state index in [9.17, 15) is 9.59 Å². The lowest BCUT2D eigenvalue weighted by molar-refractivity contribution is -0.133. The molecule has 2 fully saturated rings. The second-order valence-electron chi connectivity index (χ2n) is 7.93. The molecule has 1 aliphatic heterocycles. The third kappa shape index (κ3) is 4.53. The summed E-state index contributed by atoms with van der Waals surface area (Å²) < 4.78 is 0. The van der Waals surface area contributed by atoms with Gasteiger partial charge in [-0.1, -0.05) is 19.3 Å². The SMILES string of the molecule is CC(=O)CN1C[C@H]2CCCC[C@H]2C[C@H]1C(=O)NC(C)(C)C. The number of fused-ring (bicyclic) bond motifs is 1. The quantitative estimate of drug-likeness (QED) is 0.869. The van der Waals surface area contributed by atoms with Crippen molar-refractivity contribution in [1.82, 2.24) is 10.2 Å². The van der Waals surface area contributed by atoms with E-state index in [0.717, 1.165) is 13.0 Å². The number of nitrogens with one attached hydrogen (secondary N) is 1. The smallest absolute Gasteiger partial charge is 0.237 e. The van der Waals surface area contributed by atoms with Gasteiger partial charge in [-0.25, -0.2) is 0 Å². The minimum atomic E-state index is -0.220. The number of hydrogen-bond donors (Lipinski definition) is 1. The zero-order valence-electron chi connectivity index (χ0n) is 13.9. The van der Waals surface area contributed by atoms with Crippen molar-refractivity contribution in [2.24, 2.45) is 11.8 Å². The molecule has 0 bridgehead atoms. The van der Waals surface area contributed by atoms with Gasteiger partial charge in [0.15, 0.2) is 0 Å². The van der Waals surface area contributed by atoms with Crippen LogP contribution in [0.15, 0.2) is 0 Å². The molecule has 0 aromatic heterocycles. The van der Waals surface area contributed by atoms with Gasteiger partial charge in [0.1, 0.15) is 5.78 Å². The van der Waals surface area contributed by atoms with Crippen LogP contribution in [0.3, 0.4) is 0 Å². The Morgan fingerprint density at radius 2 is 1.76 bits per heavy atom. The first kappa shape index (κ1) is 16.5. The number of likely N-dealkylation sites (tertiary alicyclic amines) is 1. The Bertz CT molecular complexity index is 400. The van der Waals surface area contributed by atoms with Crippen molar-refractivity contribution in [2.75, 3.05) is 13.1 Å². The number of carbonyl (C=O) groups is 2. The van der Waals surface area contributed by atoms with Crippen LogP contribution in [-0.2, 0) is 9.59 Å². The first-order chi connectivity index (χ1) is 9.76. The van der Waals surface area contributed by atoms with Crippen LogP contribution >= 0.6 is 0 Å². The molecule has 4 nitrogen and oxygen atoms in total. The molecule has 2 rings (SSSR count). The molecule has 1 saturated carbocycles. The van der Waals surface area contributed by atoms with Crippen molar-refractivity contribution in [3.63, 3.8) is 0 Å². The van der Waals surface area contributed by atoms with Gasteiger partial charge in [-0.05, 0) is 52.4 Å². The predicted molar refractivity (Wildman–Crippen MR) is 84.0 cm³/mol. The van der Waals surface area contributed by atoms with Crippen molar-refractivity contribution < 1.29 is 9.59 Å². The van der Waals surface area contributed by atoms with Crippen LogP contribution in [0.1, 0.15) is 59.8 Å². The Labute approximate surface area is 128 Å². The lowest BCUT2D eigenvalue weighted by Gasteiger charge is -2.45. The van der Waals surface area contributed by atoms with E-state index in [2.05, 4.69) is 10.2 Å². The van der Waals surface area contributed by atoms with Crippen molar-refractivity contribution in [3.05, 3.63) is 0 Å². The van der Waals surface area contributed by atoms with Crippen LogP contribution in [0.5, 0.6) is 0 Å². The maximum absolute atomic E-state index is 12.6. The molecule has 120 valence electrons. The standard InChI is InChI=1S/C17H30N2O2/c1-12(20)10-19-11-14-8-6-5-7-13(14)9-15(19)16(21)18-17(2,3)4/h13-15H,5-11H2,1-4H3,(H,18,21)/t13-,14+,15-/m0/s1. The predicted octanol–water partition coefficient (Wildman–Crippen LogP) is 2.37. The topological polar surface area (TPSA) is 49.4 Å². The number of hydrogen-bond acceptors (Lipinski definition) is 3. The molecule has 0 unspecified atom stereocenters. The summed E-state index contributed by atoms with van der Waals surface area (Å²) in [7, 11) is 0. The van der Waals surface area contributed by atoms with Crippen LogP contribution in [-0.4, -0.2) is 41.3 Å². The van der Waals surface area contributed by atoms with Gasteiger partial charge in [0.25, 0.3) is 0 Å². The molecule has 1 N–H and O–H groups in total.